The number of fused-ring (bicyclic) bond motifs is 1. The van der Waals surface area contributed by atoms with Gasteiger partial charge in [-0.1, -0.05) is 6.07 Å². The summed E-state index contributed by atoms with van der Waals surface area (Å²) in [6.07, 6.45) is 4.90. The van der Waals surface area contributed by atoms with Gasteiger partial charge in [-0.15, -0.1) is 0 Å². The van der Waals surface area contributed by atoms with E-state index in [1.54, 1.807) is 6.20 Å². The number of carbonyl (C=O) groups excluding carboxylic acids is 1. The molecule has 1 aromatic heterocycles. The molecule has 0 spiro atoms. The minimum Gasteiger partial charge on any atom is -0.397 e. The summed E-state index contributed by atoms with van der Waals surface area (Å²) in [5, 5.41) is 6.13. The quantitative estimate of drug-likeness (QED) is 0.739. The molecule has 0 saturated heterocycles. The van der Waals surface area contributed by atoms with Crippen LogP contribution in [0.15, 0.2) is 36.7 Å². The van der Waals surface area contributed by atoms with Gasteiger partial charge in [0, 0.05) is 24.6 Å². The maximum absolute atomic E-state index is 11.3. The Morgan fingerprint density at radius 3 is 3.10 bits per heavy atom. The number of nitrogens with zero attached hydrogens (tertiary/aromatic N) is 1. The molecule has 20 heavy (non-hydrogen) atoms. The lowest BCUT2D eigenvalue weighted by atomic mass is 10.1. The van der Waals surface area contributed by atoms with E-state index in [-0.39, 0.29) is 5.91 Å². The van der Waals surface area contributed by atoms with E-state index in [1.165, 1.54) is 5.56 Å². The van der Waals surface area contributed by atoms with E-state index in [4.69, 9.17) is 5.73 Å². The van der Waals surface area contributed by atoms with Gasteiger partial charge in [0.2, 0.25) is 5.91 Å². The smallest absolute Gasteiger partial charge is 0.228 e. The number of anilines is 3. The van der Waals surface area contributed by atoms with Gasteiger partial charge in [0.1, 0.15) is 0 Å². The van der Waals surface area contributed by atoms with Crippen molar-refractivity contribution in [3.63, 3.8) is 0 Å². The van der Waals surface area contributed by atoms with Crippen LogP contribution in [0.4, 0.5) is 17.1 Å². The number of rotatable bonds is 4. The summed E-state index contributed by atoms with van der Waals surface area (Å²) in [6.45, 7) is 0.766. The van der Waals surface area contributed by atoms with E-state index >= 15 is 0 Å². The average Bonchev–Trinajstić information content (AvgIpc) is 2.79. The van der Waals surface area contributed by atoms with Crippen LogP contribution in [-0.4, -0.2) is 17.4 Å². The van der Waals surface area contributed by atoms with Crippen molar-refractivity contribution < 1.29 is 4.79 Å². The number of hydrogen-bond donors (Lipinski definition) is 3. The number of nitrogens with two attached hydrogens (primary N) is 1. The van der Waals surface area contributed by atoms with Crippen LogP contribution in [-0.2, 0) is 17.6 Å². The van der Waals surface area contributed by atoms with Crippen LogP contribution in [0.1, 0.15) is 11.1 Å². The third kappa shape index (κ3) is 2.56. The fourth-order valence-electron chi connectivity index (χ4n) is 2.33. The van der Waals surface area contributed by atoms with Crippen molar-refractivity contribution in [2.45, 2.75) is 12.8 Å². The molecule has 2 aromatic rings. The number of pyridine rings is 1. The van der Waals surface area contributed by atoms with Gasteiger partial charge < -0.3 is 16.4 Å². The Kier molecular flexibility index (Phi) is 3.25. The molecule has 102 valence electrons. The minimum absolute atomic E-state index is 0.0203. The van der Waals surface area contributed by atoms with Crippen molar-refractivity contribution in [2.24, 2.45) is 0 Å². The van der Waals surface area contributed by atoms with Gasteiger partial charge in [-0.25, -0.2) is 0 Å². The van der Waals surface area contributed by atoms with E-state index in [1.807, 2.05) is 30.5 Å². The molecular formula is C15H16N4O. The van der Waals surface area contributed by atoms with Crippen LogP contribution in [0.2, 0.25) is 0 Å². The first-order valence-electron chi connectivity index (χ1n) is 6.57. The average molecular weight is 268 g/mol. The van der Waals surface area contributed by atoms with Crippen molar-refractivity contribution in [3.05, 3.63) is 47.8 Å². The second kappa shape index (κ2) is 5.21. The van der Waals surface area contributed by atoms with Gasteiger partial charge in [0.15, 0.2) is 0 Å². The monoisotopic (exact) mass is 268 g/mol. The Morgan fingerprint density at radius 1 is 1.40 bits per heavy atom. The largest absolute Gasteiger partial charge is 0.397 e. The molecule has 0 radical (unpaired) electrons. The Morgan fingerprint density at radius 2 is 2.30 bits per heavy atom. The molecule has 0 fully saturated rings. The number of hydrogen-bond acceptors (Lipinski definition) is 4. The topological polar surface area (TPSA) is 80.0 Å². The molecule has 4 N–H and O–H groups in total. The first kappa shape index (κ1) is 12.5. The Balaban J connectivity index is 1.66. The fraction of sp³-hybridized carbons (Fsp3) is 0.200. The highest BCUT2D eigenvalue weighted by molar-refractivity contribution is 6.00. The zero-order chi connectivity index (χ0) is 13.9. The summed E-state index contributed by atoms with van der Waals surface area (Å²) in [4.78, 5) is 15.4. The molecule has 0 bridgehead atoms. The van der Waals surface area contributed by atoms with Gasteiger partial charge in [-0.05, 0) is 35.7 Å². The molecule has 5 nitrogen and oxygen atoms in total. The van der Waals surface area contributed by atoms with Crippen LogP contribution in [0, 0.1) is 0 Å². The summed E-state index contributed by atoms with van der Waals surface area (Å²) in [6, 6.07) is 7.73. The fourth-order valence-corrected chi connectivity index (χ4v) is 2.33. The lowest BCUT2D eigenvalue weighted by Gasteiger charge is -2.11. The van der Waals surface area contributed by atoms with Crippen LogP contribution in [0.5, 0.6) is 0 Å². The predicted molar refractivity (Wildman–Crippen MR) is 79.6 cm³/mol. The summed E-state index contributed by atoms with van der Waals surface area (Å²) in [5.41, 5.74) is 10.5. The highest BCUT2D eigenvalue weighted by atomic mass is 16.1. The number of aromatic nitrogens is 1. The number of nitrogen functional groups attached to an aromatic ring is 1. The standard InChI is InChI=1S/C15H16N4O/c16-12-6-11-7-15(20)19-13(11)8-14(12)18-5-3-10-2-1-4-17-9-10/h1-2,4,6,8-9,18H,3,5,7,16H2,(H,19,20). The minimum atomic E-state index is 0.0203. The molecule has 0 unspecified atom stereocenters. The third-order valence-corrected chi connectivity index (χ3v) is 3.35. The first-order chi connectivity index (χ1) is 9.72. The predicted octanol–water partition coefficient (Wildman–Crippen LogP) is 1.81. The molecule has 2 heterocycles. The van der Waals surface area contributed by atoms with E-state index in [0.717, 1.165) is 29.9 Å². The van der Waals surface area contributed by atoms with Gasteiger partial charge in [-0.3, -0.25) is 9.78 Å². The molecule has 1 aromatic carbocycles. The highest BCUT2D eigenvalue weighted by Gasteiger charge is 2.19. The van der Waals surface area contributed by atoms with E-state index in [2.05, 4.69) is 15.6 Å². The van der Waals surface area contributed by atoms with E-state index in [9.17, 15) is 4.79 Å². The van der Waals surface area contributed by atoms with Crippen molar-refractivity contribution in [1.29, 1.82) is 0 Å². The van der Waals surface area contributed by atoms with Crippen molar-refractivity contribution in [1.82, 2.24) is 4.98 Å². The molecule has 0 atom stereocenters. The molecular weight excluding hydrogens is 252 g/mol. The Hall–Kier alpha value is -2.56. The summed E-state index contributed by atoms with van der Waals surface area (Å²) >= 11 is 0. The van der Waals surface area contributed by atoms with Crippen molar-refractivity contribution in [2.75, 3.05) is 22.9 Å². The summed E-state index contributed by atoms with van der Waals surface area (Å²) < 4.78 is 0. The molecule has 0 saturated carbocycles. The van der Waals surface area contributed by atoms with Gasteiger partial charge in [-0.2, -0.15) is 0 Å². The van der Waals surface area contributed by atoms with E-state index in [0.29, 0.717) is 12.1 Å². The number of benzene rings is 1. The van der Waals surface area contributed by atoms with Gasteiger partial charge >= 0.3 is 0 Å². The molecule has 1 amide bonds. The normalized spacial score (nSPS) is 12.9. The highest BCUT2D eigenvalue weighted by Crippen LogP contribution is 2.31. The summed E-state index contributed by atoms with van der Waals surface area (Å²) in [7, 11) is 0. The van der Waals surface area contributed by atoms with E-state index < -0.39 is 0 Å². The maximum Gasteiger partial charge on any atom is 0.228 e. The second-order valence-corrected chi connectivity index (χ2v) is 4.86. The third-order valence-electron chi connectivity index (χ3n) is 3.35. The second-order valence-electron chi connectivity index (χ2n) is 4.86. The van der Waals surface area contributed by atoms with Crippen LogP contribution < -0.4 is 16.4 Å². The van der Waals surface area contributed by atoms with Crippen LogP contribution in [0.3, 0.4) is 0 Å². The number of amides is 1. The molecule has 1 aliphatic heterocycles. The SMILES string of the molecule is Nc1cc2c(cc1NCCc1cccnc1)NC(=O)C2. The number of carbonyl (C=O) groups is 1. The molecule has 1 aliphatic rings. The maximum atomic E-state index is 11.3. The Labute approximate surface area is 117 Å². The van der Waals surface area contributed by atoms with Gasteiger partial charge in [0.25, 0.3) is 0 Å². The Bertz CT molecular complexity index is 640. The lowest BCUT2D eigenvalue weighted by Crippen LogP contribution is -2.07. The number of nitrogens with one attached hydrogen (secondary N) is 2. The zero-order valence-electron chi connectivity index (χ0n) is 11.0. The van der Waals surface area contributed by atoms with Gasteiger partial charge in [0.05, 0.1) is 17.8 Å². The van der Waals surface area contributed by atoms with Crippen molar-refractivity contribution in [3.8, 4) is 0 Å². The zero-order valence-corrected chi connectivity index (χ0v) is 11.0. The molecule has 5 heteroatoms. The van der Waals surface area contributed by atoms with Crippen molar-refractivity contribution >= 4 is 23.0 Å². The lowest BCUT2D eigenvalue weighted by molar-refractivity contribution is -0.115. The molecule has 3 rings (SSSR count). The summed E-state index contributed by atoms with van der Waals surface area (Å²) in [5.74, 6) is 0.0203. The van der Waals surface area contributed by atoms with Crippen LogP contribution in [0.25, 0.3) is 0 Å². The first-order valence-corrected chi connectivity index (χ1v) is 6.57. The van der Waals surface area contributed by atoms with Crippen LogP contribution >= 0.6 is 0 Å². The molecule has 0 aliphatic carbocycles.